The molecule has 0 spiro atoms. The molecule has 7 nitrogen and oxygen atoms in total. The zero-order valence-electron chi connectivity index (χ0n) is 16.7. The second kappa shape index (κ2) is 7.53. The molecule has 152 valence electrons. The van der Waals surface area contributed by atoms with Crippen molar-refractivity contribution in [2.24, 2.45) is 0 Å². The SMILES string of the molecule is COc1ccc(-n2ccc3nc4ccn(Cc5ccccn5)c(=O)c4cc3c2=O)cc1. The van der Waals surface area contributed by atoms with Crippen molar-refractivity contribution in [3.63, 3.8) is 0 Å². The molecule has 0 atom stereocenters. The number of aromatic nitrogens is 4. The summed E-state index contributed by atoms with van der Waals surface area (Å²) >= 11 is 0. The van der Waals surface area contributed by atoms with Gasteiger partial charge in [-0.05, 0) is 54.6 Å². The molecule has 0 bridgehead atoms. The lowest BCUT2D eigenvalue weighted by atomic mass is 10.2. The largest absolute Gasteiger partial charge is 0.497 e. The fourth-order valence-electron chi connectivity index (χ4n) is 3.60. The highest BCUT2D eigenvalue weighted by Gasteiger charge is 2.11. The van der Waals surface area contributed by atoms with Crippen molar-refractivity contribution in [1.82, 2.24) is 19.1 Å². The number of nitrogens with zero attached hydrogens (tertiary/aromatic N) is 4. The highest BCUT2D eigenvalue weighted by atomic mass is 16.5. The molecular weight excluding hydrogens is 392 g/mol. The topological polar surface area (TPSA) is 79.0 Å². The lowest BCUT2D eigenvalue weighted by molar-refractivity contribution is 0.414. The van der Waals surface area contributed by atoms with Gasteiger partial charge in [0.15, 0.2) is 0 Å². The zero-order valence-corrected chi connectivity index (χ0v) is 16.7. The van der Waals surface area contributed by atoms with E-state index in [-0.39, 0.29) is 11.1 Å². The summed E-state index contributed by atoms with van der Waals surface area (Å²) in [4.78, 5) is 35.1. The van der Waals surface area contributed by atoms with Crippen LogP contribution in [0.25, 0.3) is 27.5 Å². The summed E-state index contributed by atoms with van der Waals surface area (Å²) in [6, 6.07) is 18.0. The molecule has 0 aliphatic carbocycles. The standard InChI is InChI=1S/C24H18N4O3/c1-31-18-7-5-17(6-8-18)28-13-10-22-20(24(28)30)14-19-21(26-22)9-12-27(23(19)29)15-16-4-2-3-11-25-16/h2-14H,15H2,1H3. The van der Waals surface area contributed by atoms with Gasteiger partial charge in [0.25, 0.3) is 11.1 Å². The van der Waals surface area contributed by atoms with E-state index in [0.717, 1.165) is 5.69 Å². The van der Waals surface area contributed by atoms with Gasteiger partial charge in [-0.1, -0.05) is 6.07 Å². The molecule has 0 saturated carbocycles. The van der Waals surface area contributed by atoms with Crippen molar-refractivity contribution in [2.75, 3.05) is 7.11 Å². The van der Waals surface area contributed by atoms with Crippen LogP contribution in [0.4, 0.5) is 0 Å². The Morgan fingerprint density at radius 2 is 1.61 bits per heavy atom. The highest BCUT2D eigenvalue weighted by molar-refractivity contribution is 5.91. The van der Waals surface area contributed by atoms with Crippen molar-refractivity contribution in [1.29, 1.82) is 0 Å². The van der Waals surface area contributed by atoms with Crippen LogP contribution in [0.3, 0.4) is 0 Å². The molecule has 31 heavy (non-hydrogen) atoms. The van der Waals surface area contributed by atoms with Crippen LogP contribution in [-0.4, -0.2) is 26.2 Å². The third-order valence-corrected chi connectivity index (χ3v) is 5.22. The molecule has 0 saturated heterocycles. The van der Waals surface area contributed by atoms with E-state index in [1.165, 1.54) is 4.57 Å². The summed E-state index contributed by atoms with van der Waals surface area (Å²) < 4.78 is 8.29. The molecule has 0 unspecified atom stereocenters. The summed E-state index contributed by atoms with van der Waals surface area (Å²) in [5, 5.41) is 0.786. The van der Waals surface area contributed by atoms with Gasteiger partial charge in [-0.15, -0.1) is 0 Å². The van der Waals surface area contributed by atoms with Crippen LogP contribution in [0.1, 0.15) is 5.69 Å². The Balaban J connectivity index is 1.66. The fraction of sp³-hybridized carbons (Fsp3) is 0.0833. The number of rotatable bonds is 4. The van der Waals surface area contributed by atoms with Crippen molar-refractivity contribution in [2.45, 2.75) is 6.54 Å². The summed E-state index contributed by atoms with van der Waals surface area (Å²) in [6.07, 6.45) is 5.09. The first-order valence-electron chi connectivity index (χ1n) is 9.74. The van der Waals surface area contributed by atoms with Crippen molar-refractivity contribution < 1.29 is 4.74 Å². The Morgan fingerprint density at radius 3 is 2.32 bits per heavy atom. The number of methoxy groups -OCH3 is 1. The third-order valence-electron chi connectivity index (χ3n) is 5.22. The lowest BCUT2D eigenvalue weighted by Crippen LogP contribution is -2.22. The Bertz CT molecular complexity index is 1520. The summed E-state index contributed by atoms with van der Waals surface area (Å²) in [6.45, 7) is 0.346. The first kappa shape index (κ1) is 18.7. The zero-order chi connectivity index (χ0) is 21.4. The number of benzene rings is 1. The predicted molar refractivity (Wildman–Crippen MR) is 119 cm³/mol. The fourth-order valence-corrected chi connectivity index (χ4v) is 3.60. The van der Waals surface area contributed by atoms with E-state index < -0.39 is 0 Å². The van der Waals surface area contributed by atoms with E-state index >= 15 is 0 Å². The van der Waals surface area contributed by atoms with E-state index in [0.29, 0.717) is 39.8 Å². The average molecular weight is 410 g/mol. The number of ether oxygens (including phenoxy) is 1. The molecule has 1 aromatic carbocycles. The van der Waals surface area contributed by atoms with E-state index in [9.17, 15) is 9.59 Å². The van der Waals surface area contributed by atoms with Crippen LogP contribution in [-0.2, 0) is 6.54 Å². The molecule has 4 aromatic heterocycles. The second-order valence-electron chi connectivity index (χ2n) is 7.11. The highest BCUT2D eigenvalue weighted by Crippen LogP contribution is 2.17. The monoisotopic (exact) mass is 410 g/mol. The molecule has 5 aromatic rings. The molecule has 4 heterocycles. The van der Waals surface area contributed by atoms with Crippen LogP contribution in [0, 0.1) is 0 Å². The molecule has 0 aliphatic rings. The molecule has 0 fully saturated rings. The molecule has 0 amide bonds. The summed E-state index contributed by atoms with van der Waals surface area (Å²) in [5.74, 6) is 0.707. The number of fused-ring (bicyclic) bond motifs is 2. The third kappa shape index (κ3) is 3.36. The van der Waals surface area contributed by atoms with E-state index in [1.54, 1.807) is 72.7 Å². The van der Waals surface area contributed by atoms with Crippen molar-refractivity contribution in [3.05, 3.63) is 106 Å². The lowest BCUT2D eigenvalue weighted by Gasteiger charge is -2.10. The summed E-state index contributed by atoms with van der Waals surface area (Å²) in [7, 11) is 1.59. The van der Waals surface area contributed by atoms with Gasteiger partial charge in [0.1, 0.15) is 5.75 Å². The quantitative estimate of drug-likeness (QED) is 0.425. The van der Waals surface area contributed by atoms with Crippen LogP contribution >= 0.6 is 0 Å². The molecule has 5 rings (SSSR count). The molecule has 0 radical (unpaired) electrons. The maximum absolute atomic E-state index is 13.2. The first-order valence-corrected chi connectivity index (χ1v) is 9.74. The molecular formula is C24H18N4O3. The number of pyridine rings is 4. The van der Waals surface area contributed by atoms with Gasteiger partial charge < -0.3 is 9.30 Å². The van der Waals surface area contributed by atoms with E-state index in [2.05, 4.69) is 9.97 Å². The van der Waals surface area contributed by atoms with Crippen LogP contribution in [0.5, 0.6) is 5.75 Å². The van der Waals surface area contributed by atoms with Gasteiger partial charge in [0, 0.05) is 24.3 Å². The smallest absolute Gasteiger partial charge is 0.264 e. The van der Waals surface area contributed by atoms with E-state index in [1.807, 2.05) is 18.2 Å². The van der Waals surface area contributed by atoms with Gasteiger partial charge in [-0.25, -0.2) is 4.98 Å². The van der Waals surface area contributed by atoms with E-state index in [4.69, 9.17) is 4.74 Å². The van der Waals surface area contributed by atoms with Crippen molar-refractivity contribution >= 4 is 21.8 Å². The molecule has 0 aliphatic heterocycles. The predicted octanol–water partition coefficient (Wildman–Crippen LogP) is 3.15. The van der Waals surface area contributed by atoms with Gasteiger partial charge in [-0.2, -0.15) is 0 Å². The number of hydrogen-bond acceptors (Lipinski definition) is 5. The van der Waals surface area contributed by atoms with Gasteiger partial charge in [0.2, 0.25) is 0 Å². The van der Waals surface area contributed by atoms with Crippen LogP contribution in [0.15, 0.2) is 88.8 Å². The van der Waals surface area contributed by atoms with Gasteiger partial charge in [-0.3, -0.25) is 19.1 Å². The minimum Gasteiger partial charge on any atom is -0.497 e. The first-order chi connectivity index (χ1) is 15.1. The van der Waals surface area contributed by atoms with Gasteiger partial charge >= 0.3 is 0 Å². The Hall–Kier alpha value is -4.26. The molecule has 0 N–H and O–H groups in total. The minimum atomic E-state index is -0.239. The Labute approximate surface area is 176 Å². The van der Waals surface area contributed by atoms with Crippen molar-refractivity contribution in [3.8, 4) is 11.4 Å². The number of hydrogen-bond donors (Lipinski definition) is 0. The molecule has 7 heteroatoms. The Kier molecular flexibility index (Phi) is 4.55. The van der Waals surface area contributed by atoms with Crippen LogP contribution in [0.2, 0.25) is 0 Å². The summed E-state index contributed by atoms with van der Waals surface area (Å²) in [5.41, 5.74) is 2.13. The maximum atomic E-state index is 13.2. The normalized spacial score (nSPS) is 11.1. The minimum absolute atomic E-state index is 0.211. The average Bonchev–Trinajstić information content (AvgIpc) is 2.81. The van der Waals surface area contributed by atoms with Crippen LogP contribution < -0.4 is 15.9 Å². The maximum Gasteiger partial charge on any atom is 0.264 e. The Morgan fingerprint density at radius 1 is 0.871 bits per heavy atom. The van der Waals surface area contributed by atoms with Gasteiger partial charge in [0.05, 0.1) is 41.2 Å². The second-order valence-corrected chi connectivity index (χ2v) is 7.11.